The van der Waals surface area contributed by atoms with E-state index in [0.29, 0.717) is 31.0 Å². The van der Waals surface area contributed by atoms with Gasteiger partial charge in [-0.25, -0.2) is 4.98 Å². The molecule has 0 bridgehead atoms. The zero-order valence-corrected chi connectivity index (χ0v) is 15.9. The second kappa shape index (κ2) is 8.42. The zero-order chi connectivity index (χ0) is 19.3. The maximum absolute atomic E-state index is 13.1. The van der Waals surface area contributed by atoms with Gasteiger partial charge in [0.2, 0.25) is 12.0 Å². The fourth-order valence-electron chi connectivity index (χ4n) is 3.84. The van der Waals surface area contributed by atoms with Crippen molar-refractivity contribution in [2.75, 3.05) is 24.5 Å². The third-order valence-electron chi connectivity index (χ3n) is 5.33. The van der Waals surface area contributed by atoms with Gasteiger partial charge in [-0.05, 0) is 37.8 Å². The highest BCUT2D eigenvalue weighted by molar-refractivity contribution is 5.99. The van der Waals surface area contributed by atoms with Crippen LogP contribution in [-0.2, 0) is 9.59 Å². The van der Waals surface area contributed by atoms with Gasteiger partial charge in [-0.3, -0.25) is 14.5 Å². The van der Waals surface area contributed by atoms with E-state index < -0.39 is 6.10 Å². The quantitative estimate of drug-likeness (QED) is 0.799. The standard InChI is InChI=1S/C22H25N3O3/c26-19(24-14-5-2-6-15-24)12-8-16-25-21-18(11-7-13-23-21)28-20(22(25)27)17-9-3-1-4-10-17/h1,3-4,7,9-11,13,20H,2,5-6,8,12,14-16H2. The molecule has 6 nitrogen and oxygen atoms in total. The first-order valence-electron chi connectivity index (χ1n) is 10.00. The van der Waals surface area contributed by atoms with Crippen LogP contribution in [0.1, 0.15) is 43.8 Å². The van der Waals surface area contributed by atoms with Gasteiger partial charge in [0.1, 0.15) is 0 Å². The van der Waals surface area contributed by atoms with E-state index in [9.17, 15) is 9.59 Å². The van der Waals surface area contributed by atoms with Gasteiger partial charge >= 0.3 is 0 Å². The van der Waals surface area contributed by atoms with Gasteiger partial charge in [0, 0.05) is 37.8 Å². The molecule has 146 valence electrons. The van der Waals surface area contributed by atoms with Gasteiger partial charge < -0.3 is 9.64 Å². The van der Waals surface area contributed by atoms with Crippen molar-refractivity contribution in [1.82, 2.24) is 9.88 Å². The molecular weight excluding hydrogens is 354 g/mol. The number of piperidine rings is 1. The topological polar surface area (TPSA) is 62.7 Å². The summed E-state index contributed by atoms with van der Waals surface area (Å²) in [4.78, 5) is 33.5. The molecule has 0 saturated carbocycles. The van der Waals surface area contributed by atoms with Crippen LogP contribution in [0, 0.1) is 0 Å². The largest absolute Gasteiger partial charge is 0.472 e. The highest BCUT2D eigenvalue weighted by Gasteiger charge is 2.36. The summed E-state index contributed by atoms with van der Waals surface area (Å²) in [5, 5.41) is 0. The van der Waals surface area contributed by atoms with Crippen LogP contribution in [0.4, 0.5) is 5.82 Å². The number of aromatic nitrogens is 1. The van der Waals surface area contributed by atoms with Crippen LogP contribution in [0.25, 0.3) is 0 Å². The number of nitrogens with zero attached hydrogens (tertiary/aromatic N) is 3. The van der Waals surface area contributed by atoms with Gasteiger partial charge in [0.25, 0.3) is 5.91 Å². The second-order valence-electron chi connectivity index (χ2n) is 7.27. The molecule has 2 amide bonds. The molecule has 1 aromatic heterocycles. The molecule has 3 heterocycles. The summed E-state index contributed by atoms with van der Waals surface area (Å²) >= 11 is 0. The van der Waals surface area contributed by atoms with Gasteiger partial charge in [-0.2, -0.15) is 0 Å². The summed E-state index contributed by atoms with van der Waals surface area (Å²) in [5.74, 6) is 1.17. The molecule has 2 aromatic rings. The minimum absolute atomic E-state index is 0.136. The lowest BCUT2D eigenvalue weighted by Crippen LogP contribution is -2.42. The summed E-state index contributed by atoms with van der Waals surface area (Å²) in [5.41, 5.74) is 0.816. The van der Waals surface area contributed by atoms with Crippen molar-refractivity contribution in [3.63, 3.8) is 0 Å². The number of amides is 2. The van der Waals surface area contributed by atoms with Gasteiger partial charge in [-0.1, -0.05) is 30.3 Å². The highest BCUT2D eigenvalue weighted by Crippen LogP contribution is 2.37. The third-order valence-corrected chi connectivity index (χ3v) is 5.33. The predicted molar refractivity (Wildman–Crippen MR) is 106 cm³/mol. The summed E-state index contributed by atoms with van der Waals surface area (Å²) in [6.45, 7) is 2.17. The van der Waals surface area contributed by atoms with Crippen LogP contribution in [0.3, 0.4) is 0 Å². The maximum atomic E-state index is 13.1. The number of hydrogen-bond donors (Lipinski definition) is 0. The Hall–Kier alpha value is -2.89. The first kappa shape index (κ1) is 18.5. The molecule has 0 spiro atoms. The summed E-state index contributed by atoms with van der Waals surface area (Å²) in [7, 11) is 0. The molecule has 1 atom stereocenters. The van der Waals surface area contributed by atoms with E-state index in [0.717, 1.165) is 31.5 Å². The number of pyridine rings is 1. The number of hydrogen-bond acceptors (Lipinski definition) is 4. The Morgan fingerprint density at radius 3 is 2.64 bits per heavy atom. The number of anilines is 1. The number of likely N-dealkylation sites (tertiary alicyclic amines) is 1. The van der Waals surface area contributed by atoms with Crippen LogP contribution in [0.15, 0.2) is 48.7 Å². The lowest BCUT2D eigenvalue weighted by atomic mass is 10.1. The Kier molecular flexibility index (Phi) is 5.55. The zero-order valence-electron chi connectivity index (χ0n) is 15.9. The molecule has 1 fully saturated rings. The molecule has 28 heavy (non-hydrogen) atoms. The minimum Gasteiger partial charge on any atom is -0.472 e. The van der Waals surface area contributed by atoms with Crippen molar-refractivity contribution < 1.29 is 14.3 Å². The molecule has 6 heteroatoms. The molecule has 1 saturated heterocycles. The summed E-state index contributed by atoms with van der Waals surface area (Å²) in [6.07, 6.45) is 5.41. The molecule has 0 N–H and O–H groups in total. The van der Waals surface area contributed by atoms with E-state index in [2.05, 4.69) is 4.98 Å². The van der Waals surface area contributed by atoms with Gasteiger partial charge in [0.15, 0.2) is 11.6 Å². The van der Waals surface area contributed by atoms with E-state index >= 15 is 0 Å². The molecule has 1 unspecified atom stereocenters. The Balaban J connectivity index is 1.46. The third kappa shape index (κ3) is 3.86. The number of benzene rings is 1. The van der Waals surface area contributed by atoms with Crippen molar-refractivity contribution in [1.29, 1.82) is 0 Å². The lowest BCUT2D eigenvalue weighted by Gasteiger charge is -2.33. The fraction of sp³-hybridized carbons (Fsp3) is 0.409. The Bertz CT molecular complexity index is 834. The maximum Gasteiger partial charge on any atom is 0.274 e. The van der Waals surface area contributed by atoms with Crippen LogP contribution in [-0.4, -0.2) is 41.3 Å². The van der Waals surface area contributed by atoms with Gasteiger partial charge in [-0.15, -0.1) is 0 Å². The van der Waals surface area contributed by atoms with E-state index in [-0.39, 0.29) is 11.8 Å². The van der Waals surface area contributed by atoms with Crippen molar-refractivity contribution >= 4 is 17.6 Å². The Morgan fingerprint density at radius 1 is 1.07 bits per heavy atom. The lowest BCUT2D eigenvalue weighted by molar-refractivity contribution is -0.132. The van der Waals surface area contributed by atoms with Crippen molar-refractivity contribution in [2.45, 2.75) is 38.2 Å². The van der Waals surface area contributed by atoms with E-state index in [1.54, 1.807) is 17.2 Å². The van der Waals surface area contributed by atoms with E-state index in [1.807, 2.05) is 41.3 Å². The molecule has 0 radical (unpaired) electrons. The second-order valence-corrected chi connectivity index (χ2v) is 7.27. The first-order valence-corrected chi connectivity index (χ1v) is 10.00. The smallest absolute Gasteiger partial charge is 0.274 e. The highest BCUT2D eigenvalue weighted by atomic mass is 16.5. The van der Waals surface area contributed by atoms with Crippen LogP contribution < -0.4 is 9.64 Å². The summed E-state index contributed by atoms with van der Waals surface area (Å²) < 4.78 is 5.95. The van der Waals surface area contributed by atoms with Crippen molar-refractivity contribution in [3.8, 4) is 5.75 Å². The average molecular weight is 379 g/mol. The van der Waals surface area contributed by atoms with E-state index in [4.69, 9.17) is 4.74 Å². The predicted octanol–water partition coefficient (Wildman–Crippen LogP) is 3.34. The first-order chi connectivity index (χ1) is 13.7. The average Bonchev–Trinajstić information content (AvgIpc) is 2.76. The molecular formula is C22H25N3O3. The van der Waals surface area contributed by atoms with Crippen molar-refractivity contribution in [3.05, 3.63) is 54.2 Å². The molecule has 1 aromatic carbocycles. The molecule has 0 aliphatic carbocycles. The molecule has 2 aliphatic rings. The SMILES string of the molecule is O=C(CCCN1C(=O)C(c2ccccc2)Oc2cccnc21)N1CCCCC1. The summed E-state index contributed by atoms with van der Waals surface area (Å²) in [6, 6.07) is 13.1. The van der Waals surface area contributed by atoms with Crippen molar-refractivity contribution in [2.24, 2.45) is 0 Å². The number of carbonyl (C=O) groups is 2. The van der Waals surface area contributed by atoms with E-state index in [1.165, 1.54) is 6.42 Å². The minimum atomic E-state index is -0.685. The van der Waals surface area contributed by atoms with Crippen LogP contribution >= 0.6 is 0 Å². The number of fused-ring (bicyclic) bond motifs is 1. The fourth-order valence-corrected chi connectivity index (χ4v) is 3.84. The normalized spacial score (nSPS) is 19.1. The number of ether oxygens (including phenoxy) is 1. The molecule has 4 rings (SSSR count). The van der Waals surface area contributed by atoms with Crippen LogP contribution in [0.2, 0.25) is 0 Å². The number of carbonyl (C=O) groups excluding carboxylic acids is 2. The number of rotatable bonds is 5. The molecule has 2 aliphatic heterocycles. The Labute approximate surface area is 165 Å². The van der Waals surface area contributed by atoms with Gasteiger partial charge in [0.05, 0.1) is 0 Å². The Morgan fingerprint density at radius 2 is 1.86 bits per heavy atom. The van der Waals surface area contributed by atoms with Crippen LogP contribution in [0.5, 0.6) is 5.75 Å². The monoisotopic (exact) mass is 379 g/mol.